The van der Waals surface area contributed by atoms with Crippen molar-refractivity contribution in [1.82, 2.24) is 0 Å². The average molecular weight is 395 g/mol. The molecule has 0 heterocycles. The van der Waals surface area contributed by atoms with Crippen molar-refractivity contribution in [2.75, 3.05) is 0 Å². The molecule has 4 aliphatic rings. The normalized spacial score (nSPS) is 42.4. The molecule has 1 unspecified atom stereocenters. The van der Waals surface area contributed by atoms with E-state index in [0.29, 0.717) is 22.7 Å². The Labute approximate surface area is 179 Å². The lowest BCUT2D eigenvalue weighted by Gasteiger charge is -2.55. The Kier molecular flexibility index (Phi) is 5.52. The molecule has 4 rings (SSSR count). The smallest absolute Gasteiger partial charge is 0.0578 e. The zero-order valence-corrected chi connectivity index (χ0v) is 19.6. The maximum Gasteiger partial charge on any atom is 0.0578 e. The molecule has 0 bridgehead atoms. The first-order chi connectivity index (χ1) is 13.7. The van der Waals surface area contributed by atoms with Crippen molar-refractivity contribution < 1.29 is 5.11 Å². The van der Waals surface area contributed by atoms with E-state index in [1.54, 1.807) is 5.57 Å². The molecular weight excluding hydrogens is 352 g/mol. The van der Waals surface area contributed by atoms with Gasteiger partial charge in [0.15, 0.2) is 0 Å². The van der Waals surface area contributed by atoms with Crippen molar-refractivity contribution in [3.05, 3.63) is 46.6 Å². The molecule has 4 aliphatic carbocycles. The minimum atomic E-state index is -0.120. The van der Waals surface area contributed by atoms with Crippen LogP contribution in [0.5, 0.6) is 0 Å². The third kappa shape index (κ3) is 3.42. The maximum atomic E-state index is 10.2. The van der Waals surface area contributed by atoms with Crippen molar-refractivity contribution >= 4 is 0 Å². The summed E-state index contributed by atoms with van der Waals surface area (Å²) < 4.78 is 0. The minimum absolute atomic E-state index is 0.120. The Hall–Kier alpha value is -1.08. The van der Waals surface area contributed by atoms with Crippen LogP contribution < -0.4 is 0 Å². The van der Waals surface area contributed by atoms with E-state index in [1.807, 2.05) is 0 Å². The number of aliphatic hydroxyl groups excluding tert-OH is 1. The molecule has 0 saturated heterocycles. The van der Waals surface area contributed by atoms with Gasteiger partial charge in [0.05, 0.1) is 6.10 Å². The summed E-state index contributed by atoms with van der Waals surface area (Å²) in [4.78, 5) is 0. The largest absolute Gasteiger partial charge is 0.393 e. The topological polar surface area (TPSA) is 20.2 Å². The Morgan fingerprint density at radius 1 is 1.03 bits per heavy atom. The molecule has 160 valence electrons. The molecule has 29 heavy (non-hydrogen) atoms. The molecule has 0 aromatic heterocycles. The van der Waals surface area contributed by atoms with E-state index < -0.39 is 0 Å². The van der Waals surface area contributed by atoms with Crippen molar-refractivity contribution in [3.8, 4) is 0 Å². The van der Waals surface area contributed by atoms with Gasteiger partial charge in [-0.25, -0.2) is 0 Å². The first-order valence-electron chi connectivity index (χ1n) is 12.1. The molecular formula is C28H42O. The first kappa shape index (κ1) is 21.2. The molecule has 0 spiro atoms. The first-order valence-corrected chi connectivity index (χ1v) is 12.1. The molecule has 7 atom stereocenters. The lowest BCUT2D eigenvalue weighted by molar-refractivity contribution is 0.0383. The fourth-order valence-electron chi connectivity index (χ4n) is 7.48. The van der Waals surface area contributed by atoms with Crippen LogP contribution in [0.2, 0.25) is 0 Å². The summed E-state index contributed by atoms with van der Waals surface area (Å²) >= 11 is 0. The van der Waals surface area contributed by atoms with Crippen LogP contribution in [0.1, 0.15) is 86.5 Å². The summed E-state index contributed by atoms with van der Waals surface area (Å²) in [6, 6.07) is 0. The van der Waals surface area contributed by atoms with E-state index in [-0.39, 0.29) is 6.10 Å². The summed E-state index contributed by atoms with van der Waals surface area (Å²) in [5.41, 5.74) is 6.87. The molecule has 0 amide bonds. The number of hydrogen-bond donors (Lipinski definition) is 1. The van der Waals surface area contributed by atoms with Crippen LogP contribution in [-0.2, 0) is 0 Å². The molecule has 1 N–H and O–H groups in total. The van der Waals surface area contributed by atoms with Crippen molar-refractivity contribution in [3.63, 3.8) is 0 Å². The molecule has 0 aromatic carbocycles. The van der Waals surface area contributed by atoms with Gasteiger partial charge in [0.25, 0.3) is 0 Å². The monoisotopic (exact) mass is 394 g/mol. The second-order valence-electron chi connectivity index (χ2n) is 11.4. The predicted molar refractivity (Wildman–Crippen MR) is 124 cm³/mol. The third-order valence-corrected chi connectivity index (χ3v) is 9.69. The second-order valence-corrected chi connectivity index (χ2v) is 11.4. The van der Waals surface area contributed by atoms with Crippen molar-refractivity contribution in [2.24, 2.45) is 34.5 Å². The van der Waals surface area contributed by atoms with Crippen LogP contribution in [0, 0.1) is 34.5 Å². The van der Waals surface area contributed by atoms with Gasteiger partial charge < -0.3 is 5.11 Å². The number of allylic oxidation sites excluding steroid dienone is 7. The van der Waals surface area contributed by atoms with E-state index in [1.165, 1.54) is 42.4 Å². The predicted octanol–water partition coefficient (Wildman–Crippen LogP) is 7.40. The second kappa shape index (κ2) is 7.56. The number of aliphatic hydroxyl groups is 1. The van der Waals surface area contributed by atoms with Gasteiger partial charge in [-0.1, -0.05) is 67.4 Å². The highest BCUT2D eigenvalue weighted by molar-refractivity contribution is 5.39. The molecule has 3 fully saturated rings. The summed E-state index contributed by atoms with van der Waals surface area (Å²) in [6.45, 7) is 14.2. The van der Waals surface area contributed by atoms with Crippen LogP contribution >= 0.6 is 0 Å². The summed E-state index contributed by atoms with van der Waals surface area (Å²) in [5, 5.41) is 10.2. The quantitative estimate of drug-likeness (QED) is 0.495. The van der Waals surface area contributed by atoms with Gasteiger partial charge in [0, 0.05) is 0 Å². The molecule has 3 saturated carbocycles. The third-order valence-electron chi connectivity index (χ3n) is 9.69. The Bertz CT molecular complexity index is 776. The van der Waals surface area contributed by atoms with Gasteiger partial charge in [-0.05, 0) is 100 Å². The maximum absolute atomic E-state index is 10.2. The SMILES string of the molecule is CC(C)=C(C)C=C[C@@H](C)[C@H]1CC[C@H]2C3=CC=C4CC(O)CC[C@]4(C)[C@H]3CC[C@]12C. The highest BCUT2D eigenvalue weighted by atomic mass is 16.3. The summed E-state index contributed by atoms with van der Waals surface area (Å²) in [6.07, 6.45) is 18.1. The molecule has 1 nitrogen and oxygen atoms in total. The van der Waals surface area contributed by atoms with Crippen molar-refractivity contribution in [2.45, 2.75) is 92.6 Å². The highest BCUT2D eigenvalue weighted by Crippen LogP contribution is 2.65. The number of hydrogen-bond acceptors (Lipinski definition) is 1. The Morgan fingerprint density at radius 3 is 2.52 bits per heavy atom. The van der Waals surface area contributed by atoms with E-state index in [9.17, 15) is 5.11 Å². The van der Waals surface area contributed by atoms with Gasteiger partial charge >= 0.3 is 0 Å². The van der Waals surface area contributed by atoms with Crippen LogP contribution in [0.15, 0.2) is 46.6 Å². The Morgan fingerprint density at radius 2 is 1.79 bits per heavy atom. The van der Waals surface area contributed by atoms with Crippen LogP contribution in [-0.4, -0.2) is 11.2 Å². The average Bonchev–Trinajstić information content (AvgIpc) is 3.03. The fourth-order valence-corrected chi connectivity index (χ4v) is 7.48. The summed E-state index contributed by atoms with van der Waals surface area (Å²) in [7, 11) is 0. The van der Waals surface area contributed by atoms with Gasteiger partial charge in [-0.3, -0.25) is 0 Å². The lowest BCUT2D eigenvalue weighted by Crippen LogP contribution is -2.46. The van der Waals surface area contributed by atoms with Crippen LogP contribution in [0.3, 0.4) is 0 Å². The lowest BCUT2D eigenvalue weighted by atomic mass is 9.50. The van der Waals surface area contributed by atoms with Gasteiger partial charge in [-0.2, -0.15) is 0 Å². The molecule has 0 radical (unpaired) electrons. The van der Waals surface area contributed by atoms with Crippen LogP contribution in [0.25, 0.3) is 0 Å². The molecule has 0 aliphatic heterocycles. The number of rotatable bonds is 3. The van der Waals surface area contributed by atoms with Gasteiger partial charge in [0.2, 0.25) is 0 Å². The van der Waals surface area contributed by atoms with Gasteiger partial charge in [0.1, 0.15) is 0 Å². The fraction of sp³-hybridized carbons (Fsp3) is 0.714. The number of fused-ring (bicyclic) bond motifs is 5. The van der Waals surface area contributed by atoms with E-state index in [0.717, 1.165) is 31.1 Å². The van der Waals surface area contributed by atoms with E-state index >= 15 is 0 Å². The molecule has 0 aromatic rings. The van der Waals surface area contributed by atoms with E-state index in [2.05, 4.69) is 65.8 Å². The van der Waals surface area contributed by atoms with Crippen molar-refractivity contribution in [1.29, 1.82) is 0 Å². The van der Waals surface area contributed by atoms with Crippen LogP contribution in [0.4, 0.5) is 0 Å². The standard InChI is InChI=1S/C28H42O/c1-18(2)19(3)7-8-20(4)24-11-12-25-23-10-9-21-17-22(29)13-15-27(21,5)26(23)14-16-28(24,25)6/h7-10,20,22,24-26,29H,11-17H2,1-6H3/t20-,22?,24-,25+,26+,27+,28-/m1/s1. The van der Waals surface area contributed by atoms with E-state index in [4.69, 9.17) is 0 Å². The minimum Gasteiger partial charge on any atom is -0.393 e. The highest BCUT2D eigenvalue weighted by Gasteiger charge is 2.56. The zero-order chi connectivity index (χ0) is 21.0. The Balaban J connectivity index is 1.59. The van der Waals surface area contributed by atoms with Gasteiger partial charge in [-0.15, -0.1) is 0 Å². The summed E-state index contributed by atoms with van der Waals surface area (Å²) in [5.74, 6) is 2.91. The zero-order valence-electron chi connectivity index (χ0n) is 19.6. The molecule has 1 heteroatoms.